The second-order valence-electron chi connectivity index (χ2n) is 4.17. The van der Waals surface area contributed by atoms with Crippen LogP contribution in [0.2, 0.25) is 0 Å². The Morgan fingerprint density at radius 1 is 1.56 bits per heavy atom. The molecule has 0 aliphatic heterocycles. The molecule has 0 heterocycles. The number of hydrogen-bond donors (Lipinski definition) is 3. The summed E-state index contributed by atoms with van der Waals surface area (Å²) >= 11 is 0. The quantitative estimate of drug-likeness (QED) is 0.699. The van der Waals surface area contributed by atoms with Gasteiger partial charge in [-0.25, -0.2) is 0 Å². The zero-order valence-electron chi connectivity index (χ0n) is 10.8. The number of phenolic OH excluding ortho intramolecular Hbond substituents is 1. The molecule has 1 aromatic rings. The lowest BCUT2D eigenvalue weighted by Crippen LogP contribution is -2.39. The molecule has 1 atom stereocenters. The fraction of sp³-hybridized carbons (Fsp3) is 0.462. The van der Waals surface area contributed by atoms with Crippen LogP contribution in [0.5, 0.6) is 5.75 Å². The summed E-state index contributed by atoms with van der Waals surface area (Å²) in [5, 5.41) is 12.6. The van der Waals surface area contributed by atoms with Gasteiger partial charge in [-0.2, -0.15) is 0 Å². The molecule has 1 amide bonds. The first-order chi connectivity index (χ1) is 8.60. The van der Waals surface area contributed by atoms with Crippen LogP contribution in [0.4, 0.5) is 0 Å². The molecule has 1 rings (SSSR count). The van der Waals surface area contributed by atoms with Crippen LogP contribution in [-0.4, -0.2) is 37.3 Å². The molecular weight excluding hydrogens is 232 g/mol. The minimum atomic E-state index is -0.313. The first-order valence-electron chi connectivity index (χ1n) is 5.88. The average Bonchev–Trinajstić information content (AvgIpc) is 2.33. The topological polar surface area (TPSA) is 84.6 Å². The SMILES string of the molecule is COCC(CCN)NC(=O)c1cccc(C)c1O. The van der Waals surface area contributed by atoms with Crippen molar-refractivity contribution in [2.45, 2.75) is 19.4 Å². The normalized spacial score (nSPS) is 12.2. The van der Waals surface area contributed by atoms with Gasteiger partial charge in [0.25, 0.3) is 5.91 Å². The Morgan fingerprint density at radius 2 is 2.28 bits per heavy atom. The highest BCUT2D eigenvalue weighted by Gasteiger charge is 2.16. The molecule has 0 aliphatic carbocycles. The van der Waals surface area contributed by atoms with Crippen molar-refractivity contribution in [3.05, 3.63) is 29.3 Å². The largest absolute Gasteiger partial charge is 0.507 e. The molecule has 0 bridgehead atoms. The first-order valence-corrected chi connectivity index (χ1v) is 5.88. The lowest BCUT2D eigenvalue weighted by atomic mass is 10.1. The summed E-state index contributed by atoms with van der Waals surface area (Å²) in [6, 6.07) is 4.92. The highest BCUT2D eigenvalue weighted by molar-refractivity contribution is 5.97. The van der Waals surface area contributed by atoms with E-state index >= 15 is 0 Å². The monoisotopic (exact) mass is 252 g/mol. The Morgan fingerprint density at radius 3 is 2.89 bits per heavy atom. The Balaban J connectivity index is 2.77. The van der Waals surface area contributed by atoms with E-state index in [0.29, 0.717) is 25.1 Å². The number of para-hydroxylation sites is 1. The molecule has 0 saturated heterocycles. The van der Waals surface area contributed by atoms with Gasteiger partial charge < -0.3 is 20.9 Å². The number of aromatic hydroxyl groups is 1. The van der Waals surface area contributed by atoms with Crippen LogP contribution in [-0.2, 0) is 4.74 Å². The van der Waals surface area contributed by atoms with Crippen LogP contribution in [0.3, 0.4) is 0 Å². The smallest absolute Gasteiger partial charge is 0.255 e. The van der Waals surface area contributed by atoms with Gasteiger partial charge >= 0.3 is 0 Å². The van der Waals surface area contributed by atoms with Crippen LogP contribution in [0.1, 0.15) is 22.3 Å². The van der Waals surface area contributed by atoms with Gasteiger partial charge in [-0.1, -0.05) is 12.1 Å². The van der Waals surface area contributed by atoms with E-state index in [0.717, 1.165) is 0 Å². The number of aryl methyl sites for hydroxylation is 1. The van der Waals surface area contributed by atoms with Crippen LogP contribution >= 0.6 is 0 Å². The van der Waals surface area contributed by atoms with Crippen molar-refractivity contribution < 1.29 is 14.6 Å². The van der Waals surface area contributed by atoms with Gasteiger partial charge in [0.2, 0.25) is 0 Å². The molecule has 0 aromatic heterocycles. The fourth-order valence-electron chi connectivity index (χ4n) is 1.70. The molecular formula is C13H20N2O3. The minimum Gasteiger partial charge on any atom is -0.507 e. The summed E-state index contributed by atoms with van der Waals surface area (Å²) < 4.78 is 5.01. The summed E-state index contributed by atoms with van der Waals surface area (Å²) in [5.41, 5.74) is 6.41. The van der Waals surface area contributed by atoms with Gasteiger partial charge in [0.1, 0.15) is 5.75 Å². The van der Waals surface area contributed by atoms with E-state index in [9.17, 15) is 9.90 Å². The van der Waals surface area contributed by atoms with Gasteiger partial charge in [0.05, 0.1) is 18.2 Å². The van der Waals surface area contributed by atoms with E-state index in [2.05, 4.69) is 5.32 Å². The maximum absolute atomic E-state index is 12.0. The zero-order valence-corrected chi connectivity index (χ0v) is 10.8. The maximum Gasteiger partial charge on any atom is 0.255 e. The molecule has 0 saturated carbocycles. The molecule has 100 valence electrons. The Kier molecular flexibility index (Phi) is 5.61. The molecule has 0 spiro atoms. The summed E-state index contributed by atoms with van der Waals surface area (Å²) in [6.07, 6.45) is 0.631. The van der Waals surface area contributed by atoms with E-state index in [4.69, 9.17) is 10.5 Å². The van der Waals surface area contributed by atoms with E-state index in [1.165, 1.54) is 0 Å². The highest BCUT2D eigenvalue weighted by Crippen LogP contribution is 2.21. The van der Waals surface area contributed by atoms with Crippen molar-refractivity contribution in [1.29, 1.82) is 0 Å². The zero-order chi connectivity index (χ0) is 13.5. The van der Waals surface area contributed by atoms with Crippen LogP contribution in [0, 0.1) is 6.92 Å². The molecule has 5 heteroatoms. The molecule has 5 nitrogen and oxygen atoms in total. The number of rotatable bonds is 6. The van der Waals surface area contributed by atoms with Crippen molar-refractivity contribution in [1.82, 2.24) is 5.32 Å². The van der Waals surface area contributed by atoms with Gasteiger partial charge in [0.15, 0.2) is 0 Å². The third-order valence-corrected chi connectivity index (χ3v) is 2.70. The van der Waals surface area contributed by atoms with Crippen molar-refractivity contribution in [3.63, 3.8) is 0 Å². The van der Waals surface area contributed by atoms with Gasteiger partial charge in [-0.15, -0.1) is 0 Å². The van der Waals surface area contributed by atoms with Gasteiger partial charge in [-0.05, 0) is 31.5 Å². The second-order valence-corrected chi connectivity index (χ2v) is 4.17. The summed E-state index contributed by atoms with van der Waals surface area (Å²) in [6.45, 7) is 2.61. The van der Waals surface area contributed by atoms with Gasteiger partial charge in [0, 0.05) is 7.11 Å². The van der Waals surface area contributed by atoms with E-state index in [-0.39, 0.29) is 23.3 Å². The van der Waals surface area contributed by atoms with E-state index in [1.807, 2.05) is 0 Å². The fourth-order valence-corrected chi connectivity index (χ4v) is 1.70. The number of hydrogen-bond acceptors (Lipinski definition) is 4. The van der Waals surface area contributed by atoms with Crippen molar-refractivity contribution >= 4 is 5.91 Å². The molecule has 18 heavy (non-hydrogen) atoms. The van der Waals surface area contributed by atoms with Crippen molar-refractivity contribution in [3.8, 4) is 5.75 Å². The summed E-state index contributed by atoms with van der Waals surface area (Å²) in [5.74, 6) is -0.300. The Labute approximate surface area is 107 Å². The molecule has 1 unspecified atom stereocenters. The number of phenols is 1. The standard InChI is InChI=1S/C13H20N2O3/c1-9-4-3-5-11(12(9)16)13(17)15-10(6-7-14)8-18-2/h3-5,10,16H,6-8,14H2,1-2H3,(H,15,17). The Bertz CT molecular complexity index is 401. The summed E-state index contributed by atoms with van der Waals surface area (Å²) in [7, 11) is 1.57. The maximum atomic E-state index is 12.0. The lowest BCUT2D eigenvalue weighted by molar-refractivity contribution is 0.0890. The first kappa shape index (κ1) is 14.5. The number of carbonyl (C=O) groups is 1. The second kappa shape index (κ2) is 6.98. The van der Waals surface area contributed by atoms with Crippen LogP contribution in [0.25, 0.3) is 0 Å². The number of carbonyl (C=O) groups excluding carboxylic acids is 1. The average molecular weight is 252 g/mol. The third kappa shape index (κ3) is 3.72. The van der Waals surface area contributed by atoms with Gasteiger partial charge in [-0.3, -0.25) is 4.79 Å². The molecule has 0 radical (unpaired) electrons. The molecule has 1 aromatic carbocycles. The highest BCUT2D eigenvalue weighted by atomic mass is 16.5. The molecule has 0 fully saturated rings. The third-order valence-electron chi connectivity index (χ3n) is 2.70. The number of nitrogens with two attached hydrogens (primary N) is 1. The minimum absolute atomic E-state index is 0.0129. The number of ether oxygens (including phenoxy) is 1. The number of benzene rings is 1. The van der Waals surface area contributed by atoms with Crippen LogP contribution < -0.4 is 11.1 Å². The van der Waals surface area contributed by atoms with Crippen LogP contribution in [0.15, 0.2) is 18.2 Å². The number of nitrogens with one attached hydrogen (secondary N) is 1. The Hall–Kier alpha value is -1.59. The van der Waals surface area contributed by atoms with Crippen molar-refractivity contribution in [2.75, 3.05) is 20.3 Å². The molecule has 4 N–H and O–H groups in total. The predicted octanol–water partition coefficient (Wildman–Crippen LogP) is 0.794. The lowest BCUT2D eigenvalue weighted by Gasteiger charge is -2.17. The number of amides is 1. The molecule has 0 aliphatic rings. The number of methoxy groups -OCH3 is 1. The van der Waals surface area contributed by atoms with E-state index in [1.54, 1.807) is 32.2 Å². The summed E-state index contributed by atoms with van der Waals surface area (Å²) in [4.78, 5) is 12.0. The van der Waals surface area contributed by atoms with E-state index < -0.39 is 0 Å². The van der Waals surface area contributed by atoms with Crippen molar-refractivity contribution in [2.24, 2.45) is 5.73 Å². The predicted molar refractivity (Wildman–Crippen MR) is 69.6 cm³/mol.